The Hall–Kier alpha value is -0.680. The predicted molar refractivity (Wildman–Crippen MR) is 58.8 cm³/mol. The van der Waals surface area contributed by atoms with E-state index in [1.54, 1.807) is 6.92 Å². The van der Waals surface area contributed by atoms with E-state index < -0.39 is 17.7 Å². The third kappa shape index (κ3) is 3.76. The van der Waals surface area contributed by atoms with Crippen LogP contribution in [-0.2, 0) is 0 Å². The average molecular weight is 280 g/mol. The van der Waals surface area contributed by atoms with Gasteiger partial charge in [0.1, 0.15) is 11.6 Å². The van der Waals surface area contributed by atoms with Crippen molar-refractivity contribution in [3.63, 3.8) is 0 Å². The van der Waals surface area contributed by atoms with Crippen molar-refractivity contribution in [3.8, 4) is 0 Å². The fourth-order valence-corrected chi connectivity index (χ4v) is 1.67. The van der Waals surface area contributed by atoms with Crippen molar-refractivity contribution in [2.75, 3.05) is 11.9 Å². The number of nitrogens with one attached hydrogen (secondary N) is 1. The molecule has 0 spiro atoms. The minimum atomic E-state index is -0.646. The molecule has 0 heterocycles. The van der Waals surface area contributed by atoms with Crippen molar-refractivity contribution in [1.82, 2.24) is 0 Å². The zero-order valence-electron chi connectivity index (χ0n) is 8.23. The first kappa shape index (κ1) is 12.4. The van der Waals surface area contributed by atoms with Gasteiger partial charge in [0.2, 0.25) is 0 Å². The Balaban J connectivity index is 2.68. The summed E-state index contributed by atoms with van der Waals surface area (Å²) in [6.07, 6.45) is 0.0586. The third-order valence-corrected chi connectivity index (χ3v) is 2.50. The Kier molecular flexibility index (Phi) is 4.47. The molecule has 0 aliphatic rings. The zero-order chi connectivity index (χ0) is 11.4. The molecule has 0 aliphatic heterocycles. The first-order valence-corrected chi connectivity index (χ1v) is 5.36. The summed E-state index contributed by atoms with van der Waals surface area (Å²) in [5.41, 5.74) is 0.219. The zero-order valence-corrected chi connectivity index (χ0v) is 9.81. The van der Waals surface area contributed by atoms with Crippen LogP contribution in [0.25, 0.3) is 0 Å². The summed E-state index contributed by atoms with van der Waals surface area (Å²) in [7, 11) is 0. The van der Waals surface area contributed by atoms with E-state index in [-0.39, 0.29) is 5.69 Å². The van der Waals surface area contributed by atoms with Crippen LogP contribution in [0.3, 0.4) is 0 Å². The van der Waals surface area contributed by atoms with E-state index in [0.717, 1.165) is 6.07 Å². The summed E-state index contributed by atoms with van der Waals surface area (Å²) < 4.78 is 26.3. The molecule has 0 radical (unpaired) electrons. The monoisotopic (exact) mass is 279 g/mol. The van der Waals surface area contributed by atoms with E-state index in [2.05, 4.69) is 21.2 Å². The number of rotatable bonds is 4. The average Bonchev–Trinajstić information content (AvgIpc) is 2.08. The Morgan fingerprint density at radius 3 is 2.67 bits per heavy atom. The number of benzene rings is 1. The molecule has 1 unspecified atom stereocenters. The first-order valence-electron chi connectivity index (χ1n) is 4.57. The van der Waals surface area contributed by atoms with Gasteiger partial charge in [-0.1, -0.05) is 0 Å². The quantitative estimate of drug-likeness (QED) is 0.888. The number of aliphatic hydroxyl groups excluding tert-OH is 1. The molecule has 84 valence electrons. The lowest BCUT2D eigenvalue weighted by molar-refractivity contribution is 0.188. The van der Waals surface area contributed by atoms with Gasteiger partial charge in [-0.25, -0.2) is 8.78 Å². The maximum Gasteiger partial charge on any atom is 0.150 e. The van der Waals surface area contributed by atoms with Crippen LogP contribution >= 0.6 is 15.9 Å². The summed E-state index contributed by atoms with van der Waals surface area (Å²) in [4.78, 5) is 0. The van der Waals surface area contributed by atoms with Crippen LogP contribution in [0.4, 0.5) is 14.5 Å². The molecule has 1 aromatic carbocycles. The standard InChI is InChI=1S/C10H12BrF2NO/c1-6(15)2-3-14-10-8(11)4-7(12)5-9(10)13/h4-6,14-15H,2-3H2,1H3. The molecular formula is C10H12BrF2NO. The van der Waals surface area contributed by atoms with Gasteiger partial charge in [0.05, 0.1) is 11.8 Å². The van der Waals surface area contributed by atoms with Crippen molar-refractivity contribution in [2.45, 2.75) is 19.4 Å². The summed E-state index contributed by atoms with van der Waals surface area (Å²) >= 11 is 3.06. The van der Waals surface area contributed by atoms with Gasteiger partial charge in [-0.2, -0.15) is 0 Å². The number of aliphatic hydroxyl groups is 1. The SMILES string of the molecule is CC(O)CCNc1c(F)cc(F)cc1Br. The van der Waals surface area contributed by atoms with Gasteiger partial charge in [-0.15, -0.1) is 0 Å². The Bertz CT molecular complexity index is 321. The number of anilines is 1. The maximum atomic E-state index is 13.2. The first-order chi connectivity index (χ1) is 7.00. The normalized spacial score (nSPS) is 12.6. The van der Waals surface area contributed by atoms with Crippen LogP contribution in [-0.4, -0.2) is 17.8 Å². The van der Waals surface area contributed by atoms with E-state index >= 15 is 0 Å². The Labute approximate surface area is 95.4 Å². The molecule has 5 heteroatoms. The van der Waals surface area contributed by atoms with Gasteiger partial charge < -0.3 is 10.4 Å². The Morgan fingerprint density at radius 2 is 2.13 bits per heavy atom. The van der Waals surface area contributed by atoms with Crippen molar-refractivity contribution < 1.29 is 13.9 Å². The second-order valence-electron chi connectivity index (χ2n) is 3.31. The predicted octanol–water partition coefficient (Wildman–Crippen LogP) is 2.91. The highest BCUT2D eigenvalue weighted by Gasteiger charge is 2.09. The van der Waals surface area contributed by atoms with Crippen LogP contribution in [0, 0.1) is 11.6 Å². The van der Waals surface area contributed by atoms with Crippen LogP contribution in [0.5, 0.6) is 0 Å². The molecular weight excluding hydrogens is 268 g/mol. The molecule has 2 nitrogen and oxygen atoms in total. The highest BCUT2D eigenvalue weighted by atomic mass is 79.9. The van der Waals surface area contributed by atoms with Crippen molar-refractivity contribution in [2.24, 2.45) is 0 Å². The molecule has 1 rings (SSSR count). The fraction of sp³-hybridized carbons (Fsp3) is 0.400. The summed E-state index contributed by atoms with van der Waals surface area (Å²) in [5.74, 6) is -1.27. The van der Waals surface area contributed by atoms with Gasteiger partial charge >= 0.3 is 0 Å². The minimum absolute atomic E-state index is 0.219. The highest BCUT2D eigenvalue weighted by Crippen LogP contribution is 2.26. The van der Waals surface area contributed by atoms with Gasteiger partial charge in [0.25, 0.3) is 0 Å². The molecule has 1 aromatic rings. The lowest BCUT2D eigenvalue weighted by Crippen LogP contribution is -2.11. The molecule has 1 atom stereocenters. The molecule has 0 fully saturated rings. The summed E-state index contributed by atoms with van der Waals surface area (Å²) in [6, 6.07) is 2.00. The molecule has 0 aliphatic carbocycles. The molecule has 0 amide bonds. The van der Waals surface area contributed by atoms with Gasteiger partial charge in [0.15, 0.2) is 0 Å². The second kappa shape index (κ2) is 5.42. The highest BCUT2D eigenvalue weighted by molar-refractivity contribution is 9.10. The number of hydrogen-bond acceptors (Lipinski definition) is 2. The van der Waals surface area contributed by atoms with E-state index in [9.17, 15) is 8.78 Å². The Morgan fingerprint density at radius 1 is 1.47 bits per heavy atom. The summed E-state index contributed by atoms with van der Waals surface area (Å²) in [6.45, 7) is 2.08. The van der Waals surface area contributed by atoms with Crippen LogP contribution in [0.1, 0.15) is 13.3 Å². The second-order valence-corrected chi connectivity index (χ2v) is 4.16. The van der Waals surface area contributed by atoms with Crippen LogP contribution in [0.15, 0.2) is 16.6 Å². The number of halogens is 3. The van der Waals surface area contributed by atoms with Gasteiger partial charge in [-0.3, -0.25) is 0 Å². The number of hydrogen-bond donors (Lipinski definition) is 2. The van der Waals surface area contributed by atoms with Gasteiger partial charge in [0, 0.05) is 17.1 Å². The minimum Gasteiger partial charge on any atom is -0.393 e. The fourth-order valence-electron chi connectivity index (χ4n) is 1.12. The largest absolute Gasteiger partial charge is 0.393 e. The molecule has 0 saturated carbocycles. The lowest BCUT2D eigenvalue weighted by Gasteiger charge is -2.10. The maximum absolute atomic E-state index is 13.2. The van der Waals surface area contributed by atoms with E-state index in [1.165, 1.54) is 6.07 Å². The van der Waals surface area contributed by atoms with Crippen molar-refractivity contribution in [3.05, 3.63) is 28.2 Å². The smallest absolute Gasteiger partial charge is 0.150 e. The molecule has 2 N–H and O–H groups in total. The van der Waals surface area contributed by atoms with E-state index in [1.807, 2.05) is 0 Å². The molecule has 0 saturated heterocycles. The lowest BCUT2D eigenvalue weighted by atomic mass is 10.2. The van der Waals surface area contributed by atoms with Crippen LogP contribution in [0.2, 0.25) is 0 Å². The van der Waals surface area contributed by atoms with Gasteiger partial charge in [-0.05, 0) is 35.3 Å². The molecule has 0 aromatic heterocycles. The third-order valence-electron chi connectivity index (χ3n) is 1.87. The van der Waals surface area contributed by atoms with Crippen molar-refractivity contribution in [1.29, 1.82) is 0 Å². The summed E-state index contributed by atoms with van der Waals surface area (Å²) in [5, 5.41) is 11.8. The molecule has 0 bridgehead atoms. The van der Waals surface area contributed by atoms with E-state index in [0.29, 0.717) is 17.4 Å². The van der Waals surface area contributed by atoms with Crippen LogP contribution < -0.4 is 5.32 Å². The van der Waals surface area contributed by atoms with E-state index in [4.69, 9.17) is 5.11 Å². The van der Waals surface area contributed by atoms with Crippen molar-refractivity contribution >= 4 is 21.6 Å². The topological polar surface area (TPSA) is 32.3 Å². The molecule has 15 heavy (non-hydrogen) atoms.